The Labute approximate surface area is 125 Å². The molecule has 0 aliphatic heterocycles. The molecule has 6 heteroatoms. The molecule has 0 saturated carbocycles. The van der Waals surface area contributed by atoms with Crippen molar-refractivity contribution in [3.05, 3.63) is 62.6 Å². The van der Waals surface area contributed by atoms with Gasteiger partial charge in [-0.15, -0.1) is 0 Å². The fourth-order valence-corrected chi connectivity index (χ4v) is 2.44. The highest BCUT2D eigenvalue weighted by atomic mass is 79.9. The standard InChI is InChI=1S/C14H14BrN3O2/c1-17(9-10-3-2-4-11(15)7-10)14-6-5-12(18(19)20)8-13(14)16/h2-8H,9,16H2,1H3. The number of rotatable bonds is 4. The minimum Gasteiger partial charge on any atom is -0.397 e. The number of non-ortho nitro benzene ring substituents is 1. The van der Waals surface area contributed by atoms with E-state index in [4.69, 9.17) is 5.73 Å². The summed E-state index contributed by atoms with van der Waals surface area (Å²) in [7, 11) is 1.90. The van der Waals surface area contributed by atoms with Crippen molar-refractivity contribution in [2.24, 2.45) is 0 Å². The lowest BCUT2D eigenvalue weighted by Gasteiger charge is -2.21. The highest BCUT2D eigenvalue weighted by molar-refractivity contribution is 9.10. The Morgan fingerprint density at radius 2 is 2.05 bits per heavy atom. The minimum atomic E-state index is -0.450. The van der Waals surface area contributed by atoms with Crippen LogP contribution >= 0.6 is 15.9 Å². The average molecular weight is 336 g/mol. The van der Waals surface area contributed by atoms with Crippen molar-refractivity contribution in [2.45, 2.75) is 6.54 Å². The van der Waals surface area contributed by atoms with Crippen molar-refractivity contribution in [1.82, 2.24) is 0 Å². The molecule has 2 aromatic rings. The first-order valence-corrected chi connectivity index (χ1v) is 6.76. The summed E-state index contributed by atoms with van der Waals surface area (Å²) in [6.07, 6.45) is 0. The Morgan fingerprint density at radius 1 is 1.30 bits per heavy atom. The van der Waals surface area contributed by atoms with Gasteiger partial charge in [0.15, 0.2) is 0 Å². The lowest BCUT2D eigenvalue weighted by molar-refractivity contribution is -0.384. The molecule has 0 unspecified atom stereocenters. The molecule has 0 spiro atoms. The molecule has 2 aromatic carbocycles. The molecule has 2 rings (SSSR count). The van der Waals surface area contributed by atoms with E-state index in [1.807, 2.05) is 36.2 Å². The molecule has 0 radical (unpaired) electrons. The maximum absolute atomic E-state index is 10.7. The Bertz CT molecular complexity index is 646. The van der Waals surface area contributed by atoms with Crippen LogP contribution in [0, 0.1) is 10.1 Å². The van der Waals surface area contributed by atoms with Gasteiger partial charge in [0.1, 0.15) is 0 Å². The third-order valence-corrected chi connectivity index (χ3v) is 3.44. The summed E-state index contributed by atoms with van der Waals surface area (Å²) in [4.78, 5) is 12.2. The molecule has 0 amide bonds. The van der Waals surface area contributed by atoms with Crippen molar-refractivity contribution >= 4 is 33.0 Å². The molecular weight excluding hydrogens is 322 g/mol. The second kappa shape index (κ2) is 5.92. The van der Waals surface area contributed by atoms with E-state index in [0.29, 0.717) is 12.2 Å². The average Bonchev–Trinajstić information content (AvgIpc) is 2.38. The van der Waals surface area contributed by atoms with Crippen molar-refractivity contribution in [2.75, 3.05) is 17.7 Å². The number of nitrogens with two attached hydrogens (primary N) is 1. The fourth-order valence-electron chi connectivity index (χ4n) is 2.00. The number of anilines is 2. The quantitative estimate of drug-likeness (QED) is 0.526. The molecule has 104 valence electrons. The van der Waals surface area contributed by atoms with Gasteiger partial charge in [-0.25, -0.2) is 0 Å². The van der Waals surface area contributed by atoms with Crippen LogP contribution < -0.4 is 10.6 Å². The zero-order valence-corrected chi connectivity index (χ0v) is 12.5. The third-order valence-electron chi connectivity index (χ3n) is 2.94. The topological polar surface area (TPSA) is 72.4 Å². The second-order valence-corrected chi connectivity index (χ2v) is 5.40. The van der Waals surface area contributed by atoms with Crippen LogP contribution in [-0.2, 0) is 6.54 Å². The molecule has 20 heavy (non-hydrogen) atoms. The summed E-state index contributed by atoms with van der Waals surface area (Å²) in [5.41, 5.74) is 8.19. The monoisotopic (exact) mass is 335 g/mol. The summed E-state index contributed by atoms with van der Waals surface area (Å²) >= 11 is 3.43. The van der Waals surface area contributed by atoms with Gasteiger partial charge >= 0.3 is 0 Å². The van der Waals surface area contributed by atoms with E-state index in [0.717, 1.165) is 15.7 Å². The molecule has 2 N–H and O–H groups in total. The van der Waals surface area contributed by atoms with E-state index >= 15 is 0 Å². The van der Waals surface area contributed by atoms with E-state index in [-0.39, 0.29) is 5.69 Å². The van der Waals surface area contributed by atoms with Crippen LogP contribution in [0.1, 0.15) is 5.56 Å². The van der Waals surface area contributed by atoms with Crippen molar-refractivity contribution in [1.29, 1.82) is 0 Å². The Morgan fingerprint density at radius 3 is 2.65 bits per heavy atom. The normalized spacial score (nSPS) is 10.3. The van der Waals surface area contributed by atoms with Gasteiger partial charge in [0.2, 0.25) is 0 Å². The summed E-state index contributed by atoms with van der Waals surface area (Å²) in [6.45, 7) is 0.668. The third kappa shape index (κ3) is 3.27. The molecular formula is C14H14BrN3O2. The number of benzene rings is 2. The minimum absolute atomic E-state index is 0.00195. The molecule has 0 saturated heterocycles. The van der Waals surface area contributed by atoms with Crippen LogP contribution in [0.25, 0.3) is 0 Å². The lowest BCUT2D eigenvalue weighted by atomic mass is 10.2. The molecule has 0 heterocycles. The molecule has 0 fully saturated rings. The van der Waals surface area contributed by atoms with Gasteiger partial charge in [0.25, 0.3) is 5.69 Å². The molecule has 5 nitrogen and oxygen atoms in total. The van der Waals surface area contributed by atoms with Gasteiger partial charge in [-0.2, -0.15) is 0 Å². The maximum atomic E-state index is 10.7. The molecule has 0 aliphatic carbocycles. The number of halogens is 1. The van der Waals surface area contributed by atoms with Gasteiger partial charge in [-0.1, -0.05) is 28.1 Å². The van der Waals surface area contributed by atoms with Crippen molar-refractivity contribution in [3.8, 4) is 0 Å². The van der Waals surface area contributed by atoms with Crippen LogP contribution in [0.2, 0.25) is 0 Å². The zero-order chi connectivity index (χ0) is 14.7. The molecule has 0 bridgehead atoms. The van der Waals surface area contributed by atoms with Gasteiger partial charge < -0.3 is 10.6 Å². The molecule has 0 atom stereocenters. The predicted octanol–water partition coefficient (Wildman–Crippen LogP) is 3.58. The second-order valence-electron chi connectivity index (χ2n) is 4.49. The number of nitrogens with zero attached hydrogens (tertiary/aromatic N) is 2. The van der Waals surface area contributed by atoms with Gasteiger partial charge in [0.05, 0.1) is 16.3 Å². The Balaban J connectivity index is 2.21. The smallest absolute Gasteiger partial charge is 0.271 e. The van der Waals surface area contributed by atoms with E-state index in [2.05, 4.69) is 15.9 Å². The Kier molecular flexibility index (Phi) is 4.24. The van der Waals surface area contributed by atoms with Gasteiger partial charge in [0, 0.05) is 30.2 Å². The fraction of sp³-hybridized carbons (Fsp3) is 0.143. The van der Waals surface area contributed by atoms with Crippen LogP contribution in [0.15, 0.2) is 46.9 Å². The number of hydrogen-bond donors (Lipinski definition) is 1. The van der Waals surface area contributed by atoms with Crippen LogP contribution in [0.4, 0.5) is 17.1 Å². The summed E-state index contributed by atoms with van der Waals surface area (Å²) in [5.74, 6) is 0. The van der Waals surface area contributed by atoms with Crippen LogP contribution in [-0.4, -0.2) is 12.0 Å². The highest BCUT2D eigenvalue weighted by Gasteiger charge is 2.11. The predicted molar refractivity (Wildman–Crippen MR) is 83.8 cm³/mol. The lowest BCUT2D eigenvalue weighted by Crippen LogP contribution is -2.17. The van der Waals surface area contributed by atoms with Crippen molar-refractivity contribution in [3.63, 3.8) is 0 Å². The van der Waals surface area contributed by atoms with Crippen LogP contribution in [0.3, 0.4) is 0 Å². The zero-order valence-electron chi connectivity index (χ0n) is 10.9. The van der Waals surface area contributed by atoms with E-state index in [1.54, 1.807) is 6.07 Å². The number of nitro benzene ring substituents is 1. The van der Waals surface area contributed by atoms with Crippen LogP contribution in [0.5, 0.6) is 0 Å². The first kappa shape index (κ1) is 14.3. The SMILES string of the molecule is CN(Cc1cccc(Br)c1)c1ccc([N+](=O)[O-])cc1N. The first-order chi connectivity index (χ1) is 9.47. The maximum Gasteiger partial charge on any atom is 0.271 e. The summed E-state index contributed by atoms with van der Waals surface area (Å²) in [5, 5.41) is 10.7. The summed E-state index contributed by atoms with van der Waals surface area (Å²) < 4.78 is 1.01. The number of hydrogen-bond acceptors (Lipinski definition) is 4. The molecule has 0 aliphatic rings. The van der Waals surface area contributed by atoms with E-state index in [9.17, 15) is 10.1 Å². The largest absolute Gasteiger partial charge is 0.397 e. The Hall–Kier alpha value is -2.08. The van der Waals surface area contributed by atoms with Crippen molar-refractivity contribution < 1.29 is 4.92 Å². The number of nitrogen functional groups attached to an aromatic ring is 1. The first-order valence-electron chi connectivity index (χ1n) is 5.97. The van der Waals surface area contributed by atoms with E-state index < -0.39 is 4.92 Å². The molecule has 0 aromatic heterocycles. The summed E-state index contributed by atoms with van der Waals surface area (Å²) in [6, 6.07) is 12.5. The van der Waals surface area contributed by atoms with Gasteiger partial charge in [-0.3, -0.25) is 10.1 Å². The van der Waals surface area contributed by atoms with Gasteiger partial charge in [-0.05, 0) is 23.8 Å². The number of nitro groups is 1. The highest BCUT2D eigenvalue weighted by Crippen LogP contribution is 2.28. The van der Waals surface area contributed by atoms with E-state index in [1.165, 1.54) is 12.1 Å².